The average Bonchev–Trinajstić information content (AvgIpc) is 3.37. The molecule has 412 valence electrons. The first-order valence-electron chi connectivity index (χ1n) is 26.4. The van der Waals surface area contributed by atoms with Crippen molar-refractivity contribution < 1.29 is 77.6 Å². The summed E-state index contributed by atoms with van der Waals surface area (Å²) in [4.78, 5) is 85.4. The van der Waals surface area contributed by atoms with Crippen LogP contribution in [0.2, 0.25) is 0 Å². The van der Waals surface area contributed by atoms with E-state index in [0.717, 1.165) is 10.5 Å². The number of Topliss-reactive ketones (excluding diaryl/α,β-unsaturated/α-hetero) is 3. The van der Waals surface area contributed by atoms with E-state index in [4.69, 9.17) is 28.4 Å². The molecule has 1 saturated carbocycles. The summed E-state index contributed by atoms with van der Waals surface area (Å²) in [5.74, 6) is -9.36. The van der Waals surface area contributed by atoms with Gasteiger partial charge in [-0.2, -0.15) is 0 Å². The second-order valence-electron chi connectivity index (χ2n) is 21.8. The minimum absolute atomic E-state index is 0.00697. The van der Waals surface area contributed by atoms with Crippen molar-refractivity contribution in [3.8, 4) is 0 Å². The number of aliphatic hydroxyl groups excluding tert-OH is 3. The van der Waals surface area contributed by atoms with Crippen LogP contribution in [0.4, 0.5) is 0 Å². The van der Waals surface area contributed by atoms with Crippen molar-refractivity contribution in [1.82, 2.24) is 4.90 Å². The largest absolute Gasteiger partial charge is 0.460 e. The first-order chi connectivity index (χ1) is 34.5. The van der Waals surface area contributed by atoms with Gasteiger partial charge in [-0.1, -0.05) is 71.1 Å². The number of methoxy groups -OCH3 is 3. The Hall–Kier alpha value is -3.94. The number of aliphatic hydroxyl groups is 4. The molecule has 0 radical (unpaired) electrons. The predicted octanol–water partition coefficient (Wildman–Crippen LogP) is 5.72. The molecule has 1 aliphatic carbocycles. The van der Waals surface area contributed by atoms with E-state index in [0.29, 0.717) is 69.8 Å². The molecule has 17 nitrogen and oxygen atoms in total. The van der Waals surface area contributed by atoms with Crippen molar-refractivity contribution in [2.75, 3.05) is 41.1 Å². The van der Waals surface area contributed by atoms with Gasteiger partial charge in [0, 0.05) is 58.5 Å². The van der Waals surface area contributed by atoms with Crippen LogP contribution in [0, 0.1) is 40.9 Å². The second-order valence-corrected chi connectivity index (χ2v) is 21.8. The number of fused-ring (bicyclic) bond motifs is 3. The first kappa shape index (κ1) is 61.6. The number of hydrogen-bond donors (Lipinski definition) is 4. The van der Waals surface area contributed by atoms with Gasteiger partial charge in [-0.3, -0.25) is 24.0 Å². The molecule has 4 rings (SSSR count). The minimum Gasteiger partial charge on any atom is -0.460 e. The Kier molecular flexibility index (Phi) is 23.9. The molecule has 3 aliphatic heterocycles. The van der Waals surface area contributed by atoms with Gasteiger partial charge in [0.2, 0.25) is 5.79 Å². The Bertz CT molecular complexity index is 2010. The molecule has 73 heavy (non-hydrogen) atoms. The van der Waals surface area contributed by atoms with Gasteiger partial charge in [-0.15, -0.1) is 0 Å². The molecular weight excluding hydrogens is 943 g/mol. The van der Waals surface area contributed by atoms with E-state index < -0.39 is 120 Å². The highest BCUT2D eigenvalue weighted by Gasteiger charge is 2.53. The molecule has 0 aromatic rings. The van der Waals surface area contributed by atoms with Crippen LogP contribution < -0.4 is 0 Å². The predicted molar refractivity (Wildman–Crippen MR) is 271 cm³/mol. The molecule has 3 heterocycles. The molecule has 0 aromatic heterocycles. The zero-order valence-corrected chi connectivity index (χ0v) is 45.3. The third-order valence-corrected chi connectivity index (χ3v) is 15.9. The number of esters is 2. The summed E-state index contributed by atoms with van der Waals surface area (Å²) in [5, 5.41) is 43.1. The lowest BCUT2D eigenvalue weighted by atomic mass is 9.78. The second kappa shape index (κ2) is 28.3. The SMILES string of the molecule is CO[C@H]1C[C@@H]2CC[C@@H](C)[C@@](O)(O2)C(=O)C(=O)N2CCCCC2C(=O)O[C@H]([C@H](C)C[C@@H]2CC[C@@H](OC(=O)C(C)(CO)CO)[C@H](OC)C2)CC(=O)C(C)/C=C(\C)[C@@H](O)[C@@H](OC)C(=O)[C@H](C)C[C@H](C)/C=C/C=C/C=C/1C. The number of nitrogens with zero attached hydrogens (tertiary/aromatic N) is 1. The molecule has 1 amide bonds. The lowest BCUT2D eigenvalue weighted by Crippen LogP contribution is -2.61. The smallest absolute Gasteiger partial charge is 0.329 e. The molecule has 0 spiro atoms. The number of amides is 1. The van der Waals surface area contributed by atoms with E-state index in [1.165, 1.54) is 21.1 Å². The highest BCUT2D eigenvalue weighted by Crippen LogP contribution is 2.38. The number of piperidine rings is 1. The fourth-order valence-corrected chi connectivity index (χ4v) is 10.7. The number of ketones is 3. The quantitative estimate of drug-likeness (QED) is 0.116. The van der Waals surface area contributed by atoms with E-state index >= 15 is 0 Å². The maximum atomic E-state index is 14.5. The topological polar surface area (TPSA) is 242 Å². The lowest BCUT2D eigenvalue weighted by molar-refractivity contribution is -0.265. The zero-order chi connectivity index (χ0) is 54.4. The van der Waals surface area contributed by atoms with Gasteiger partial charge in [-0.05, 0) is 114 Å². The molecule has 15 atom stereocenters. The Morgan fingerprint density at radius 1 is 0.863 bits per heavy atom. The third kappa shape index (κ3) is 16.0. The summed E-state index contributed by atoms with van der Waals surface area (Å²) < 4.78 is 35.4. The standard InChI is InChI=1S/C56H87NO16/c1-33-17-13-12-14-18-34(2)45(68-9)29-41-22-20-39(7)56(67,73-41)51(63)52(64)57-24-16-15-19-42(57)53(65)71-46(30-43(60)35(3)26-38(6)49(62)50(70-11)48(61)37(5)25-33)36(4)27-40-21-23-44(47(28-40)69-10)72-54(66)55(8,31-58)32-59/h12-14,17-18,26,33,35-37,39-42,44-47,49-50,58-59,62,67H,15-16,19-25,27-32H2,1-11H3/b14-12+,17-13+,34-18+,38-26+/t33-,35?,36-,37-,39-,40+,41+,42?,44-,45+,46+,47-,49-,50+,56-/m1/s1. The molecule has 2 unspecified atom stereocenters. The number of carbonyl (C=O) groups is 6. The minimum atomic E-state index is -2.47. The van der Waals surface area contributed by atoms with Crippen molar-refractivity contribution >= 4 is 35.2 Å². The fraction of sp³-hybridized carbons (Fsp3) is 0.750. The summed E-state index contributed by atoms with van der Waals surface area (Å²) in [6.45, 7) is 12.7. The fourth-order valence-electron chi connectivity index (χ4n) is 10.7. The number of rotatable bonds is 10. The summed E-state index contributed by atoms with van der Waals surface area (Å²) in [6, 6.07) is -1.20. The molecule has 2 bridgehead atoms. The van der Waals surface area contributed by atoms with E-state index in [-0.39, 0.29) is 42.8 Å². The van der Waals surface area contributed by atoms with Crippen LogP contribution in [0.25, 0.3) is 0 Å². The number of carbonyl (C=O) groups excluding carboxylic acids is 6. The first-order valence-corrected chi connectivity index (χ1v) is 26.4. The van der Waals surface area contributed by atoms with E-state index in [9.17, 15) is 49.2 Å². The van der Waals surface area contributed by atoms with Crippen LogP contribution in [0.1, 0.15) is 132 Å². The summed E-state index contributed by atoms with van der Waals surface area (Å²) in [5.41, 5.74) is -0.277. The van der Waals surface area contributed by atoms with Gasteiger partial charge in [-0.25, -0.2) is 4.79 Å². The Balaban J connectivity index is 1.69. The number of hydrogen-bond acceptors (Lipinski definition) is 16. The maximum absolute atomic E-state index is 14.5. The lowest BCUT2D eigenvalue weighted by Gasteiger charge is -2.42. The van der Waals surface area contributed by atoms with Crippen molar-refractivity contribution in [2.45, 2.75) is 187 Å². The van der Waals surface area contributed by atoms with E-state index in [1.54, 1.807) is 40.9 Å². The number of ether oxygens (including phenoxy) is 6. The molecule has 3 fully saturated rings. The monoisotopic (exact) mass is 1030 g/mol. The van der Waals surface area contributed by atoms with Gasteiger partial charge in [0.05, 0.1) is 31.5 Å². The average molecular weight is 1030 g/mol. The molecule has 4 aliphatic rings. The van der Waals surface area contributed by atoms with Gasteiger partial charge in [0.15, 0.2) is 5.78 Å². The Morgan fingerprint density at radius 2 is 1.56 bits per heavy atom. The maximum Gasteiger partial charge on any atom is 0.329 e. The van der Waals surface area contributed by atoms with Crippen molar-refractivity contribution in [3.05, 3.63) is 47.6 Å². The van der Waals surface area contributed by atoms with Gasteiger partial charge < -0.3 is 53.7 Å². The zero-order valence-electron chi connectivity index (χ0n) is 45.3. The molecule has 2 saturated heterocycles. The summed E-state index contributed by atoms with van der Waals surface area (Å²) in [7, 11) is 4.43. The Morgan fingerprint density at radius 3 is 2.21 bits per heavy atom. The van der Waals surface area contributed by atoms with E-state index in [2.05, 4.69) is 0 Å². The number of allylic oxidation sites excluding steroid dienone is 6. The molecule has 4 N–H and O–H groups in total. The van der Waals surface area contributed by atoms with Crippen LogP contribution in [0.15, 0.2) is 47.6 Å². The highest BCUT2D eigenvalue weighted by atomic mass is 16.6. The van der Waals surface area contributed by atoms with Crippen LogP contribution in [-0.2, 0) is 57.2 Å². The number of cyclic esters (lactones) is 1. The van der Waals surface area contributed by atoms with E-state index in [1.807, 2.05) is 51.2 Å². The van der Waals surface area contributed by atoms with Crippen LogP contribution in [-0.4, -0.2) is 156 Å². The van der Waals surface area contributed by atoms with Gasteiger partial charge in [0.1, 0.15) is 41.7 Å². The summed E-state index contributed by atoms with van der Waals surface area (Å²) >= 11 is 0. The highest BCUT2D eigenvalue weighted by molar-refractivity contribution is 6.39. The summed E-state index contributed by atoms with van der Waals surface area (Å²) in [6.07, 6.45) is 9.76. The van der Waals surface area contributed by atoms with Gasteiger partial charge >= 0.3 is 11.9 Å². The van der Waals surface area contributed by atoms with Crippen LogP contribution in [0.3, 0.4) is 0 Å². The van der Waals surface area contributed by atoms with Crippen molar-refractivity contribution in [2.24, 2.45) is 40.9 Å². The van der Waals surface area contributed by atoms with Crippen molar-refractivity contribution in [1.29, 1.82) is 0 Å². The van der Waals surface area contributed by atoms with Crippen LogP contribution in [0.5, 0.6) is 0 Å². The third-order valence-electron chi connectivity index (χ3n) is 15.9. The normalized spacial score (nSPS) is 37.4. The van der Waals surface area contributed by atoms with Gasteiger partial charge in [0.25, 0.3) is 11.7 Å². The molecule has 0 aromatic carbocycles. The molecule has 17 heteroatoms. The van der Waals surface area contributed by atoms with Crippen LogP contribution >= 0.6 is 0 Å². The van der Waals surface area contributed by atoms with Crippen molar-refractivity contribution in [3.63, 3.8) is 0 Å². The molecular formula is C56H87NO16. The Labute approximate surface area is 433 Å².